The number of nitrogens with one attached hydrogen (secondary N) is 1. The fourth-order valence-corrected chi connectivity index (χ4v) is 2.60. The molecule has 102 valence electrons. The van der Waals surface area contributed by atoms with E-state index in [2.05, 4.69) is 22.1 Å². The number of likely N-dealkylation sites (tertiary alicyclic amines) is 1. The summed E-state index contributed by atoms with van der Waals surface area (Å²) in [6.07, 6.45) is 4.11. The third-order valence-corrected chi connectivity index (χ3v) is 3.59. The predicted molar refractivity (Wildman–Crippen MR) is 72.6 cm³/mol. The van der Waals surface area contributed by atoms with Gasteiger partial charge in [0.1, 0.15) is 5.76 Å². The maximum Gasteiger partial charge on any atom is 0.191 e. The zero-order valence-corrected chi connectivity index (χ0v) is 11.8. The fourth-order valence-electron chi connectivity index (χ4n) is 2.60. The number of oxazole rings is 1. The molecule has 1 N–H and O–H groups in total. The lowest BCUT2D eigenvalue weighted by Crippen LogP contribution is -2.41. The molecule has 1 fully saturated rings. The molecule has 1 atom stereocenters. The van der Waals surface area contributed by atoms with Crippen LogP contribution in [0.2, 0.25) is 0 Å². The van der Waals surface area contributed by atoms with Crippen LogP contribution in [0.25, 0.3) is 0 Å². The van der Waals surface area contributed by atoms with E-state index in [9.17, 15) is 0 Å². The largest absolute Gasteiger partial charge is 0.444 e. The minimum atomic E-state index is 0.493. The Balaban J connectivity index is 1.74. The van der Waals surface area contributed by atoms with Gasteiger partial charge in [-0.25, -0.2) is 4.98 Å². The summed E-state index contributed by atoms with van der Waals surface area (Å²) in [6.45, 7) is 10.6. The second-order valence-corrected chi connectivity index (χ2v) is 5.38. The molecular weight excluding hydrogens is 226 g/mol. The number of hydrogen-bond acceptors (Lipinski definition) is 4. The van der Waals surface area contributed by atoms with Gasteiger partial charge in [-0.05, 0) is 39.8 Å². The van der Waals surface area contributed by atoms with Crippen molar-refractivity contribution in [1.82, 2.24) is 15.2 Å². The van der Waals surface area contributed by atoms with Crippen molar-refractivity contribution in [3.63, 3.8) is 0 Å². The number of rotatable bonds is 5. The van der Waals surface area contributed by atoms with Crippen molar-refractivity contribution in [3.05, 3.63) is 17.3 Å². The minimum Gasteiger partial charge on any atom is -0.444 e. The van der Waals surface area contributed by atoms with Crippen LogP contribution in [0, 0.1) is 13.8 Å². The van der Waals surface area contributed by atoms with Crippen LogP contribution in [0.3, 0.4) is 0 Å². The molecule has 2 heterocycles. The first kappa shape index (κ1) is 13.6. The van der Waals surface area contributed by atoms with Gasteiger partial charge in [-0.2, -0.15) is 0 Å². The lowest BCUT2D eigenvalue weighted by molar-refractivity contribution is 0.207. The summed E-state index contributed by atoms with van der Waals surface area (Å²) in [5.41, 5.74) is 1.00. The monoisotopic (exact) mass is 251 g/mol. The molecule has 1 unspecified atom stereocenters. The van der Waals surface area contributed by atoms with E-state index < -0.39 is 0 Å². The minimum absolute atomic E-state index is 0.493. The molecule has 0 bridgehead atoms. The summed E-state index contributed by atoms with van der Waals surface area (Å²) in [6, 6.07) is 0.493. The summed E-state index contributed by atoms with van der Waals surface area (Å²) in [5, 5.41) is 3.52. The number of nitrogens with zero attached hydrogens (tertiary/aromatic N) is 2. The van der Waals surface area contributed by atoms with E-state index in [1.54, 1.807) is 0 Å². The van der Waals surface area contributed by atoms with Crippen LogP contribution in [-0.4, -0.2) is 35.6 Å². The number of piperidine rings is 1. The van der Waals surface area contributed by atoms with Crippen molar-refractivity contribution in [3.8, 4) is 0 Å². The molecule has 1 aromatic heterocycles. The highest BCUT2D eigenvalue weighted by Crippen LogP contribution is 2.11. The zero-order chi connectivity index (χ0) is 13.0. The topological polar surface area (TPSA) is 41.3 Å². The maximum atomic E-state index is 5.57. The predicted octanol–water partition coefficient (Wildman–Crippen LogP) is 2.26. The van der Waals surface area contributed by atoms with Crippen LogP contribution in [0.15, 0.2) is 4.42 Å². The number of aromatic nitrogens is 1. The molecule has 1 aliphatic rings. The van der Waals surface area contributed by atoms with Crippen molar-refractivity contribution in [2.75, 3.05) is 19.6 Å². The van der Waals surface area contributed by atoms with Crippen molar-refractivity contribution in [2.45, 2.75) is 52.6 Å². The van der Waals surface area contributed by atoms with E-state index in [0.29, 0.717) is 6.04 Å². The van der Waals surface area contributed by atoms with Crippen LogP contribution in [0.1, 0.15) is 43.5 Å². The highest BCUT2D eigenvalue weighted by Gasteiger charge is 2.14. The van der Waals surface area contributed by atoms with E-state index in [1.807, 2.05) is 13.8 Å². The molecule has 0 aromatic carbocycles. The second-order valence-electron chi connectivity index (χ2n) is 5.38. The Bertz CT molecular complexity index is 369. The second kappa shape index (κ2) is 6.34. The SMILES string of the molecule is Cc1nc(C)c(CNC(C)CN2CCCCC2)o1. The van der Waals surface area contributed by atoms with Crippen LogP contribution < -0.4 is 5.32 Å². The fraction of sp³-hybridized carbons (Fsp3) is 0.786. The van der Waals surface area contributed by atoms with Gasteiger partial charge < -0.3 is 14.6 Å². The highest BCUT2D eigenvalue weighted by atomic mass is 16.4. The van der Waals surface area contributed by atoms with Crippen molar-refractivity contribution in [2.24, 2.45) is 0 Å². The first-order chi connectivity index (χ1) is 8.65. The van der Waals surface area contributed by atoms with Gasteiger partial charge in [0.15, 0.2) is 5.89 Å². The molecule has 0 saturated carbocycles. The number of aryl methyl sites for hydroxylation is 2. The highest BCUT2D eigenvalue weighted by molar-refractivity contribution is 5.07. The van der Waals surface area contributed by atoms with Gasteiger partial charge in [0.25, 0.3) is 0 Å². The molecular formula is C14H25N3O. The third kappa shape index (κ3) is 3.82. The first-order valence-corrected chi connectivity index (χ1v) is 7.04. The van der Waals surface area contributed by atoms with Crippen molar-refractivity contribution >= 4 is 0 Å². The van der Waals surface area contributed by atoms with Gasteiger partial charge in [0.05, 0.1) is 12.2 Å². The smallest absolute Gasteiger partial charge is 0.191 e. The molecule has 0 amide bonds. The van der Waals surface area contributed by atoms with Crippen LogP contribution in [-0.2, 0) is 6.54 Å². The summed E-state index contributed by atoms with van der Waals surface area (Å²) in [5.74, 6) is 1.73. The van der Waals surface area contributed by atoms with E-state index >= 15 is 0 Å². The maximum absolute atomic E-state index is 5.57. The average molecular weight is 251 g/mol. The summed E-state index contributed by atoms with van der Waals surface area (Å²) in [4.78, 5) is 6.84. The Morgan fingerprint density at radius 3 is 2.61 bits per heavy atom. The molecule has 1 saturated heterocycles. The summed E-state index contributed by atoms with van der Waals surface area (Å²) in [7, 11) is 0. The van der Waals surface area contributed by atoms with Crippen LogP contribution in [0.4, 0.5) is 0 Å². The molecule has 2 rings (SSSR count). The molecule has 18 heavy (non-hydrogen) atoms. The quantitative estimate of drug-likeness (QED) is 0.871. The molecule has 4 heteroatoms. The van der Waals surface area contributed by atoms with E-state index in [4.69, 9.17) is 4.42 Å². The Morgan fingerprint density at radius 2 is 2.00 bits per heavy atom. The normalized spacial score (nSPS) is 19.1. The average Bonchev–Trinajstić information content (AvgIpc) is 2.66. The van der Waals surface area contributed by atoms with E-state index in [1.165, 1.54) is 32.4 Å². The van der Waals surface area contributed by atoms with Crippen molar-refractivity contribution < 1.29 is 4.42 Å². The van der Waals surface area contributed by atoms with Gasteiger partial charge in [-0.15, -0.1) is 0 Å². The van der Waals surface area contributed by atoms with E-state index in [0.717, 1.165) is 30.4 Å². The van der Waals surface area contributed by atoms with Gasteiger partial charge in [-0.3, -0.25) is 0 Å². The molecule has 4 nitrogen and oxygen atoms in total. The third-order valence-electron chi connectivity index (χ3n) is 3.59. The molecule has 0 aliphatic carbocycles. The molecule has 1 aliphatic heterocycles. The van der Waals surface area contributed by atoms with Gasteiger partial charge >= 0.3 is 0 Å². The Labute approximate surface area is 110 Å². The first-order valence-electron chi connectivity index (χ1n) is 7.04. The molecule has 0 radical (unpaired) electrons. The number of hydrogen-bond donors (Lipinski definition) is 1. The Morgan fingerprint density at radius 1 is 1.28 bits per heavy atom. The lowest BCUT2D eigenvalue weighted by Gasteiger charge is -2.29. The lowest BCUT2D eigenvalue weighted by atomic mass is 10.1. The summed E-state index contributed by atoms with van der Waals surface area (Å²) < 4.78 is 5.57. The molecule has 0 spiro atoms. The van der Waals surface area contributed by atoms with Crippen LogP contribution >= 0.6 is 0 Å². The van der Waals surface area contributed by atoms with Gasteiger partial charge in [0.2, 0.25) is 0 Å². The Hall–Kier alpha value is -0.870. The standard InChI is InChI=1S/C14H25N3O/c1-11(10-17-7-5-4-6-8-17)15-9-14-12(2)16-13(3)18-14/h11,15H,4-10H2,1-3H3. The van der Waals surface area contributed by atoms with Gasteiger partial charge in [-0.1, -0.05) is 6.42 Å². The molecule has 1 aromatic rings. The van der Waals surface area contributed by atoms with Crippen molar-refractivity contribution in [1.29, 1.82) is 0 Å². The van der Waals surface area contributed by atoms with Gasteiger partial charge in [0, 0.05) is 19.5 Å². The Kier molecular flexibility index (Phi) is 4.78. The van der Waals surface area contributed by atoms with E-state index in [-0.39, 0.29) is 0 Å². The summed E-state index contributed by atoms with van der Waals surface area (Å²) >= 11 is 0. The van der Waals surface area contributed by atoms with Crippen LogP contribution in [0.5, 0.6) is 0 Å². The zero-order valence-electron chi connectivity index (χ0n) is 11.8.